The summed E-state index contributed by atoms with van der Waals surface area (Å²) in [7, 11) is 1.56. The number of aromatic nitrogens is 4. The number of amides is 1. The molecule has 0 spiro atoms. The number of carbonyl (C=O) groups is 1. The van der Waals surface area contributed by atoms with Gasteiger partial charge in [0.05, 0.1) is 42.7 Å². The van der Waals surface area contributed by atoms with Crippen molar-refractivity contribution in [2.75, 3.05) is 7.11 Å². The number of benzene rings is 1. The van der Waals surface area contributed by atoms with Crippen molar-refractivity contribution in [2.45, 2.75) is 26.9 Å². The zero-order valence-electron chi connectivity index (χ0n) is 15.8. The number of H-pyrrole nitrogens is 1. The highest BCUT2D eigenvalue weighted by Crippen LogP contribution is 2.30. The first-order valence-corrected chi connectivity index (χ1v) is 8.82. The fourth-order valence-electron chi connectivity index (χ4n) is 3.43. The lowest BCUT2D eigenvalue weighted by atomic mass is 10.0. The number of ether oxygens (including phenoxy) is 1. The van der Waals surface area contributed by atoms with E-state index in [0.717, 1.165) is 16.8 Å². The predicted molar refractivity (Wildman–Crippen MR) is 102 cm³/mol. The van der Waals surface area contributed by atoms with Crippen molar-refractivity contribution in [2.24, 2.45) is 0 Å². The van der Waals surface area contributed by atoms with E-state index in [4.69, 9.17) is 4.74 Å². The molecule has 0 radical (unpaired) electrons. The molecule has 2 aromatic heterocycles. The summed E-state index contributed by atoms with van der Waals surface area (Å²) < 4.78 is 5.33. The van der Waals surface area contributed by atoms with E-state index in [0.29, 0.717) is 35.1 Å². The molecule has 0 aliphatic carbocycles. The maximum absolute atomic E-state index is 12.9. The quantitative estimate of drug-likeness (QED) is 0.749. The van der Waals surface area contributed by atoms with E-state index in [9.17, 15) is 9.59 Å². The Morgan fingerprint density at radius 3 is 2.61 bits per heavy atom. The number of nitrogens with one attached hydrogen (secondary N) is 1. The van der Waals surface area contributed by atoms with Gasteiger partial charge in [0.2, 0.25) is 5.88 Å². The maximum Gasteiger partial charge on any atom is 0.256 e. The Morgan fingerprint density at radius 1 is 1.14 bits per heavy atom. The van der Waals surface area contributed by atoms with E-state index >= 15 is 0 Å². The normalized spacial score (nSPS) is 12.8. The largest absolute Gasteiger partial charge is 0.480 e. The molecule has 1 amide bonds. The molecule has 0 unspecified atom stereocenters. The number of fused-ring (bicyclic) bond motifs is 1. The number of aryl methyl sites for hydroxylation is 2. The molecule has 0 fully saturated rings. The molecule has 0 bridgehead atoms. The van der Waals surface area contributed by atoms with Crippen molar-refractivity contribution < 1.29 is 9.53 Å². The first kappa shape index (κ1) is 17.8. The average molecular weight is 377 g/mol. The molecule has 1 aliphatic rings. The lowest BCUT2D eigenvalue weighted by molar-refractivity contribution is 0.0750. The van der Waals surface area contributed by atoms with Crippen LogP contribution in [0.5, 0.6) is 5.88 Å². The fraction of sp³-hybridized carbons (Fsp3) is 0.250. The summed E-state index contributed by atoms with van der Waals surface area (Å²) >= 11 is 0. The molecule has 1 N–H and O–H groups in total. The fourth-order valence-corrected chi connectivity index (χ4v) is 3.43. The summed E-state index contributed by atoms with van der Waals surface area (Å²) in [5, 5.41) is 0. The number of rotatable bonds is 3. The van der Waals surface area contributed by atoms with Crippen LogP contribution in [0.4, 0.5) is 0 Å². The van der Waals surface area contributed by atoms with Crippen LogP contribution in [-0.4, -0.2) is 37.9 Å². The van der Waals surface area contributed by atoms with Crippen LogP contribution in [0.2, 0.25) is 0 Å². The van der Waals surface area contributed by atoms with Crippen molar-refractivity contribution in [1.29, 1.82) is 0 Å². The number of aromatic amines is 1. The second kappa shape index (κ2) is 6.88. The highest BCUT2D eigenvalue weighted by Gasteiger charge is 2.28. The summed E-state index contributed by atoms with van der Waals surface area (Å²) in [5.74, 6) is 0.897. The van der Waals surface area contributed by atoms with E-state index in [1.165, 1.54) is 6.33 Å². The van der Waals surface area contributed by atoms with Gasteiger partial charge in [-0.3, -0.25) is 9.59 Å². The molecule has 1 aromatic carbocycles. The van der Waals surface area contributed by atoms with Crippen molar-refractivity contribution >= 4 is 5.91 Å². The maximum atomic E-state index is 12.9. The number of hydrogen-bond acceptors (Lipinski definition) is 6. The first-order chi connectivity index (χ1) is 13.5. The van der Waals surface area contributed by atoms with Crippen molar-refractivity contribution in [1.82, 2.24) is 24.8 Å². The van der Waals surface area contributed by atoms with Crippen LogP contribution in [0, 0.1) is 13.8 Å². The predicted octanol–water partition coefficient (Wildman–Crippen LogP) is 2.01. The molecule has 0 saturated carbocycles. The number of methoxy groups -OCH3 is 1. The average Bonchev–Trinajstić information content (AvgIpc) is 3.11. The molecule has 3 heterocycles. The van der Waals surface area contributed by atoms with Crippen LogP contribution >= 0.6 is 0 Å². The molecule has 8 nitrogen and oxygen atoms in total. The topological polar surface area (TPSA) is 101 Å². The van der Waals surface area contributed by atoms with Gasteiger partial charge < -0.3 is 14.6 Å². The van der Waals surface area contributed by atoms with Crippen molar-refractivity contribution in [3.8, 4) is 17.0 Å². The minimum absolute atomic E-state index is 0.144. The summed E-state index contributed by atoms with van der Waals surface area (Å²) in [6.07, 6.45) is 1.46. The summed E-state index contributed by atoms with van der Waals surface area (Å²) in [6.45, 7) is 4.21. The van der Waals surface area contributed by atoms with Crippen LogP contribution in [0.15, 0.2) is 35.4 Å². The SMILES string of the molecule is COc1ncnc(C)c1-c1ccc(C(=O)N2Cc3nc(C)[nH]c(=O)c3C2)cc1. The highest BCUT2D eigenvalue weighted by molar-refractivity contribution is 5.95. The standard InChI is InChI=1S/C20H19N5O3/c1-11-17(19(28-3)22-10-21-11)13-4-6-14(7-5-13)20(27)25-8-15-16(9-25)23-12(2)24-18(15)26/h4-7,10H,8-9H2,1-3H3,(H,23,24,26). The molecule has 3 aromatic rings. The second-order valence-corrected chi connectivity index (χ2v) is 6.66. The van der Waals surface area contributed by atoms with Gasteiger partial charge in [0.15, 0.2) is 0 Å². The van der Waals surface area contributed by atoms with E-state index in [-0.39, 0.29) is 18.0 Å². The van der Waals surface area contributed by atoms with Crippen LogP contribution in [0.3, 0.4) is 0 Å². The van der Waals surface area contributed by atoms with Crippen LogP contribution in [-0.2, 0) is 13.1 Å². The summed E-state index contributed by atoms with van der Waals surface area (Å²) in [4.78, 5) is 42.0. The smallest absolute Gasteiger partial charge is 0.256 e. The summed E-state index contributed by atoms with van der Waals surface area (Å²) in [6, 6.07) is 7.21. The van der Waals surface area contributed by atoms with E-state index in [2.05, 4.69) is 19.9 Å². The van der Waals surface area contributed by atoms with Gasteiger partial charge in [0.1, 0.15) is 12.2 Å². The van der Waals surface area contributed by atoms with Gasteiger partial charge in [-0.25, -0.2) is 15.0 Å². The zero-order valence-corrected chi connectivity index (χ0v) is 15.8. The summed E-state index contributed by atoms with van der Waals surface area (Å²) in [5.41, 5.74) is 4.03. The highest BCUT2D eigenvalue weighted by atomic mass is 16.5. The number of hydrogen-bond donors (Lipinski definition) is 1. The molecule has 28 heavy (non-hydrogen) atoms. The van der Waals surface area contributed by atoms with Crippen LogP contribution in [0.1, 0.15) is 33.1 Å². The third-order valence-corrected chi connectivity index (χ3v) is 4.81. The molecule has 142 valence electrons. The Bertz CT molecular complexity index is 1120. The van der Waals surface area contributed by atoms with Gasteiger partial charge in [0, 0.05) is 5.56 Å². The molecule has 0 saturated heterocycles. The minimum atomic E-state index is -0.181. The van der Waals surface area contributed by atoms with Gasteiger partial charge in [0.25, 0.3) is 11.5 Å². The molecule has 1 aliphatic heterocycles. The monoisotopic (exact) mass is 377 g/mol. The third kappa shape index (κ3) is 3.02. The Labute approximate surface area is 161 Å². The number of carbonyl (C=O) groups excluding carboxylic acids is 1. The first-order valence-electron chi connectivity index (χ1n) is 8.82. The molecule has 8 heteroatoms. The number of nitrogens with zero attached hydrogens (tertiary/aromatic N) is 4. The van der Waals surface area contributed by atoms with Crippen LogP contribution in [0.25, 0.3) is 11.1 Å². The zero-order chi connectivity index (χ0) is 19.8. The minimum Gasteiger partial charge on any atom is -0.480 e. The van der Waals surface area contributed by atoms with Gasteiger partial charge in [-0.05, 0) is 31.5 Å². The van der Waals surface area contributed by atoms with Gasteiger partial charge in [-0.2, -0.15) is 0 Å². The molecular weight excluding hydrogens is 358 g/mol. The third-order valence-electron chi connectivity index (χ3n) is 4.81. The molecule has 0 atom stereocenters. The Morgan fingerprint density at radius 2 is 1.89 bits per heavy atom. The second-order valence-electron chi connectivity index (χ2n) is 6.66. The Hall–Kier alpha value is -3.55. The molecule has 4 rings (SSSR count). The lowest BCUT2D eigenvalue weighted by Crippen LogP contribution is -2.26. The van der Waals surface area contributed by atoms with Crippen molar-refractivity contribution in [3.05, 3.63) is 69.3 Å². The molecular formula is C20H19N5O3. The van der Waals surface area contributed by atoms with Gasteiger partial charge >= 0.3 is 0 Å². The van der Waals surface area contributed by atoms with Gasteiger partial charge in [-0.15, -0.1) is 0 Å². The van der Waals surface area contributed by atoms with E-state index in [1.807, 2.05) is 19.1 Å². The van der Waals surface area contributed by atoms with E-state index in [1.54, 1.807) is 31.1 Å². The van der Waals surface area contributed by atoms with Gasteiger partial charge in [-0.1, -0.05) is 12.1 Å². The van der Waals surface area contributed by atoms with Crippen molar-refractivity contribution in [3.63, 3.8) is 0 Å². The Kier molecular flexibility index (Phi) is 4.38. The lowest BCUT2D eigenvalue weighted by Gasteiger charge is -2.15. The van der Waals surface area contributed by atoms with E-state index < -0.39 is 0 Å². The Balaban J connectivity index is 1.60. The van der Waals surface area contributed by atoms with Crippen LogP contribution < -0.4 is 10.3 Å².